The number of fused-ring (bicyclic) bond motifs is 2. The number of anilines is 1. The first-order chi connectivity index (χ1) is 47.0. The van der Waals surface area contributed by atoms with E-state index in [-0.39, 0.29) is 55.6 Å². The van der Waals surface area contributed by atoms with Crippen molar-refractivity contribution in [2.45, 2.75) is 113 Å². The molecule has 5 amide bonds. The Kier molecular flexibility index (Phi) is 24.2. The van der Waals surface area contributed by atoms with E-state index in [2.05, 4.69) is 32.6 Å². The van der Waals surface area contributed by atoms with Gasteiger partial charge in [-0.1, -0.05) is 103 Å². The van der Waals surface area contributed by atoms with Crippen LogP contribution in [0.5, 0.6) is 0 Å². The van der Waals surface area contributed by atoms with E-state index >= 15 is 0 Å². The average molecular weight is 1360 g/mol. The second-order valence-corrected chi connectivity index (χ2v) is 26.4. The molecule has 16 nitrogen and oxygen atoms in total. The summed E-state index contributed by atoms with van der Waals surface area (Å²) in [5.74, 6) is -1.79. The van der Waals surface area contributed by atoms with Crippen LogP contribution < -0.4 is 10.6 Å². The molecule has 0 unspecified atom stereocenters. The standard InChI is InChI=1S/C75H87F7N8O8/c1-85(36-14-37-87(3)69(93)55-24-22-53(23-25-55)49-83-35-13-5-8-21-67(91)86(2)43-44-88-38-30-62(31-39-88)98-71(95)84-65-20-12-10-18-63(65)54-15-6-4-7-16-54)68(92)50-96-66-47-56-17-9-11-19-64(56)72(66)32-40-89(41-33-72)42-34-73(58-26-28-61(76)29-27-58)51-90(52-97-73)70(94)57-45-59(74(77,78)79)48-60(46-57)75(80,81)82/h4,6-7,9-12,15-20,22-29,45-46,48,62,66,83H,5,8,13-14,21,30-44,47,49-52H2,1-3H3,(H,84,95)/t66-,73+/m0/s1. The highest BCUT2D eigenvalue weighted by Crippen LogP contribution is 2.48. The number of carbonyl (C=O) groups is 5. The van der Waals surface area contributed by atoms with Crippen LogP contribution >= 0.6 is 0 Å². The van der Waals surface area contributed by atoms with Gasteiger partial charge < -0.3 is 48.9 Å². The molecule has 1 spiro atoms. The quantitative estimate of drug-likeness (QED) is 0.0374. The molecule has 524 valence electrons. The number of halogens is 7. The zero-order valence-corrected chi connectivity index (χ0v) is 55.8. The van der Waals surface area contributed by atoms with Crippen LogP contribution in [-0.2, 0) is 60.1 Å². The van der Waals surface area contributed by atoms with Crippen LogP contribution in [0, 0.1) is 5.82 Å². The van der Waals surface area contributed by atoms with Crippen molar-refractivity contribution in [3.63, 3.8) is 0 Å². The summed E-state index contributed by atoms with van der Waals surface area (Å²) in [6.45, 7) is 6.09. The first-order valence-electron chi connectivity index (χ1n) is 33.8. The number of carbonyl (C=O) groups excluding carboxylic acids is 5. The summed E-state index contributed by atoms with van der Waals surface area (Å²) in [6, 6.07) is 39.5. The highest BCUT2D eigenvalue weighted by molar-refractivity contribution is 5.95. The lowest BCUT2D eigenvalue weighted by Crippen LogP contribution is -2.50. The van der Waals surface area contributed by atoms with Crippen molar-refractivity contribution in [2.75, 3.05) is 112 Å². The number of nitrogens with one attached hydrogen (secondary N) is 2. The van der Waals surface area contributed by atoms with Crippen molar-refractivity contribution in [3.05, 3.63) is 196 Å². The van der Waals surface area contributed by atoms with Gasteiger partial charge in [0.25, 0.3) is 11.8 Å². The van der Waals surface area contributed by atoms with Gasteiger partial charge in [-0.15, -0.1) is 0 Å². The zero-order valence-electron chi connectivity index (χ0n) is 55.8. The number of likely N-dealkylation sites (N-methyl/N-ethyl adjacent to an activating group) is 2. The number of hydrogen-bond donors (Lipinski definition) is 2. The van der Waals surface area contributed by atoms with Gasteiger partial charge in [0, 0.05) is 102 Å². The minimum Gasteiger partial charge on any atom is -0.446 e. The van der Waals surface area contributed by atoms with Crippen LogP contribution in [0.25, 0.3) is 11.1 Å². The zero-order chi connectivity index (χ0) is 69.6. The van der Waals surface area contributed by atoms with Crippen LogP contribution in [-0.4, -0.2) is 178 Å². The van der Waals surface area contributed by atoms with E-state index in [1.165, 1.54) is 29.8 Å². The van der Waals surface area contributed by atoms with Crippen LogP contribution in [0.3, 0.4) is 0 Å². The van der Waals surface area contributed by atoms with Crippen molar-refractivity contribution < 1.29 is 68.9 Å². The Hall–Kier alpha value is -8.22. The number of likely N-dealkylation sites (tertiary alicyclic amines) is 2. The van der Waals surface area contributed by atoms with Gasteiger partial charge in [-0.3, -0.25) is 24.5 Å². The summed E-state index contributed by atoms with van der Waals surface area (Å²) in [7, 11) is 5.32. The summed E-state index contributed by atoms with van der Waals surface area (Å²) in [4.78, 5) is 77.4. The molecule has 4 aliphatic rings. The van der Waals surface area contributed by atoms with Gasteiger partial charge in [0.1, 0.15) is 30.9 Å². The molecule has 6 aromatic rings. The largest absolute Gasteiger partial charge is 0.446 e. The number of rotatable bonds is 27. The summed E-state index contributed by atoms with van der Waals surface area (Å²) in [6.07, 6.45) is -3.86. The number of benzene rings is 6. The van der Waals surface area contributed by atoms with Gasteiger partial charge in [0.05, 0.1) is 29.5 Å². The van der Waals surface area contributed by atoms with E-state index in [0.29, 0.717) is 107 Å². The molecule has 6 aromatic carbocycles. The number of alkyl halides is 6. The van der Waals surface area contributed by atoms with Gasteiger partial charge >= 0.3 is 18.4 Å². The fourth-order valence-corrected chi connectivity index (χ4v) is 13.9. The molecule has 23 heteroatoms. The van der Waals surface area contributed by atoms with E-state index in [4.69, 9.17) is 14.2 Å². The van der Waals surface area contributed by atoms with Crippen LogP contribution in [0.1, 0.15) is 118 Å². The molecule has 98 heavy (non-hydrogen) atoms. The number of ether oxygens (including phenoxy) is 3. The van der Waals surface area contributed by atoms with Gasteiger partial charge in [-0.05, 0) is 154 Å². The minimum atomic E-state index is -5.15. The third kappa shape index (κ3) is 18.5. The maximum absolute atomic E-state index is 14.2. The lowest BCUT2D eigenvalue weighted by molar-refractivity contribution is -0.143. The van der Waals surface area contributed by atoms with Crippen molar-refractivity contribution in [2.24, 2.45) is 0 Å². The Morgan fingerprint density at radius 2 is 1.30 bits per heavy atom. The van der Waals surface area contributed by atoms with E-state index in [0.717, 1.165) is 85.4 Å². The smallest absolute Gasteiger partial charge is 0.416 e. The Morgan fingerprint density at radius 3 is 2.00 bits per heavy atom. The number of hydrogen-bond acceptors (Lipinski definition) is 11. The highest BCUT2D eigenvalue weighted by Gasteiger charge is 2.50. The summed E-state index contributed by atoms with van der Waals surface area (Å²) in [5.41, 5.74) is 1.38. The third-order valence-corrected chi connectivity index (χ3v) is 19.8. The molecule has 3 fully saturated rings. The predicted molar refractivity (Wildman–Crippen MR) is 358 cm³/mol. The van der Waals surface area contributed by atoms with Crippen LogP contribution in [0.15, 0.2) is 146 Å². The minimum absolute atomic E-state index is 0.0278. The summed E-state index contributed by atoms with van der Waals surface area (Å²) in [5, 5.41) is 6.40. The monoisotopic (exact) mass is 1360 g/mol. The summed E-state index contributed by atoms with van der Waals surface area (Å²) >= 11 is 0. The first kappa shape index (κ1) is 72.5. The molecule has 1 aliphatic carbocycles. The third-order valence-electron chi connectivity index (χ3n) is 19.8. The number of piperidine rings is 2. The van der Waals surface area contributed by atoms with Gasteiger partial charge in [0.2, 0.25) is 11.8 Å². The molecule has 3 saturated heterocycles. The molecule has 2 atom stereocenters. The van der Waals surface area contributed by atoms with E-state index in [1.54, 1.807) is 23.9 Å². The molecule has 0 radical (unpaired) electrons. The van der Waals surface area contributed by atoms with Gasteiger partial charge in [-0.2, -0.15) is 26.3 Å². The second kappa shape index (κ2) is 32.6. The number of para-hydroxylation sites is 1. The second-order valence-electron chi connectivity index (χ2n) is 26.4. The van der Waals surface area contributed by atoms with Gasteiger partial charge in [0.15, 0.2) is 0 Å². The van der Waals surface area contributed by atoms with Crippen LogP contribution in [0.4, 0.5) is 41.2 Å². The Balaban J connectivity index is 0.596. The number of nitrogens with zero attached hydrogens (tertiary/aromatic N) is 6. The molecule has 0 aromatic heterocycles. The molecule has 0 bridgehead atoms. The Labute approximate surface area is 568 Å². The molecular weight excluding hydrogens is 1270 g/mol. The van der Waals surface area contributed by atoms with Gasteiger partial charge in [-0.25, -0.2) is 9.18 Å². The molecular formula is C75H87F7N8O8. The van der Waals surface area contributed by atoms with Crippen molar-refractivity contribution >= 4 is 35.4 Å². The lowest BCUT2D eigenvalue weighted by Gasteiger charge is -2.44. The van der Waals surface area contributed by atoms with Crippen molar-refractivity contribution in [3.8, 4) is 11.1 Å². The fourth-order valence-electron chi connectivity index (χ4n) is 13.9. The lowest BCUT2D eigenvalue weighted by atomic mass is 9.72. The molecule has 3 heterocycles. The van der Waals surface area contributed by atoms with Crippen LogP contribution in [0.2, 0.25) is 0 Å². The van der Waals surface area contributed by atoms with Crippen molar-refractivity contribution in [1.29, 1.82) is 0 Å². The SMILES string of the molecule is CN(CCN1CCC(OC(=O)Nc2ccccc2-c2ccccc2)CC1)C(=O)CCCCCNCc1ccc(C(=O)N(C)CCCN(C)C(=O)CO[C@H]2Cc3ccccc3C23CCN(CC[C@]2(c4ccc(F)cc4)CN(C(=O)c4cc(C(F)(F)F)cc(C(F)(F)F)c4)CO2)CC3)cc1. The molecule has 3 aliphatic heterocycles. The maximum atomic E-state index is 14.2. The highest BCUT2D eigenvalue weighted by atomic mass is 19.4. The fraction of sp³-hybridized carbons (Fsp3) is 0.453. The molecule has 0 saturated carbocycles. The summed E-state index contributed by atoms with van der Waals surface area (Å²) < 4.78 is 116. The topological polar surface area (TPSA) is 157 Å². The molecule has 2 N–H and O–H groups in total. The molecule has 10 rings (SSSR count). The normalized spacial score (nSPS) is 18.1. The van der Waals surface area contributed by atoms with Crippen molar-refractivity contribution in [1.82, 2.24) is 34.7 Å². The van der Waals surface area contributed by atoms with E-state index in [9.17, 15) is 54.7 Å². The van der Waals surface area contributed by atoms with E-state index < -0.39 is 64.6 Å². The maximum Gasteiger partial charge on any atom is 0.416 e. The first-order valence-corrected chi connectivity index (χ1v) is 33.8. The average Bonchev–Trinajstić information content (AvgIpc) is 1.59. The van der Waals surface area contributed by atoms with E-state index in [1.807, 2.05) is 103 Å². The Bertz CT molecular complexity index is 3650. The Morgan fingerprint density at radius 1 is 0.653 bits per heavy atom. The predicted octanol–water partition coefficient (Wildman–Crippen LogP) is 12.7. The number of amides is 5. The number of unbranched alkanes of at least 4 members (excludes halogenated alkanes) is 2.